The molecule has 0 aliphatic carbocycles. The van der Waals surface area contributed by atoms with Gasteiger partial charge in [-0.3, -0.25) is 4.79 Å². The van der Waals surface area contributed by atoms with E-state index in [0.29, 0.717) is 34.8 Å². The predicted molar refractivity (Wildman–Crippen MR) is 97.8 cm³/mol. The molecule has 6 nitrogen and oxygen atoms in total. The number of phenols is 1. The summed E-state index contributed by atoms with van der Waals surface area (Å²) in [5.41, 5.74) is 1.52. The minimum Gasteiger partial charge on any atom is -0.507 e. The van der Waals surface area contributed by atoms with Gasteiger partial charge in [0.15, 0.2) is 0 Å². The molecule has 0 radical (unpaired) electrons. The molecule has 2 rings (SSSR count). The number of carbonyl (C=O) groups is 1. The number of carbonyl (C=O) groups excluding carboxylic acids is 1. The molecule has 6 heteroatoms. The highest BCUT2D eigenvalue weighted by Crippen LogP contribution is 2.47. The molecule has 0 aromatic heterocycles. The maximum Gasteiger partial charge on any atom is 0.308 e. The number of hydrogen-bond donors (Lipinski definition) is 1. The number of esters is 1. The van der Waals surface area contributed by atoms with Crippen LogP contribution in [0.3, 0.4) is 0 Å². The van der Waals surface area contributed by atoms with Crippen LogP contribution in [-0.2, 0) is 16.1 Å². The molecule has 138 valence electrons. The van der Waals surface area contributed by atoms with Crippen LogP contribution in [0.2, 0.25) is 0 Å². The molecule has 0 atom stereocenters. The second kappa shape index (κ2) is 8.92. The summed E-state index contributed by atoms with van der Waals surface area (Å²) < 4.78 is 21.8. The summed E-state index contributed by atoms with van der Waals surface area (Å²) in [5, 5.41) is 10.5. The van der Waals surface area contributed by atoms with E-state index >= 15 is 0 Å². The summed E-state index contributed by atoms with van der Waals surface area (Å²) >= 11 is 0. The Balaban J connectivity index is 2.74. The van der Waals surface area contributed by atoms with E-state index < -0.39 is 5.97 Å². The predicted octanol–water partition coefficient (Wildman–Crippen LogP) is 3.70. The fraction of sp³-hybridized carbons (Fsp3) is 0.250. The summed E-state index contributed by atoms with van der Waals surface area (Å²) in [6.07, 6.45) is 1.64. The Morgan fingerprint density at radius 3 is 2.38 bits per heavy atom. The summed E-state index contributed by atoms with van der Waals surface area (Å²) in [4.78, 5) is 11.5. The summed E-state index contributed by atoms with van der Waals surface area (Å²) in [5.74, 6) is 0.706. The molecule has 0 spiro atoms. The van der Waals surface area contributed by atoms with Crippen molar-refractivity contribution >= 4 is 5.97 Å². The highest BCUT2D eigenvalue weighted by Gasteiger charge is 2.23. The third kappa shape index (κ3) is 4.15. The lowest BCUT2D eigenvalue weighted by atomic mass is 9.96. The lowest BCUT2D eigenvalue weighted by Gasteiger charge is -2.20. The van der Waals surface area contributed by atoms with Crippen molar-refractivity contribution in [3.05, 3.63) is 48.6 Å². The van der Waals surface area contributed by atoms with Crippen molar-refractivity contribution < 1.29 is 28.8 Å². The number of methoxy groups -OCH3 is 2. The highest BCUT2D eigenvalue weighted by atomic mass is 16.5. The molecular formula is C20H22O6. The second-order valence-electron chi connectivity index (χ2n) is 5.37. The van der Waals surface area contributed by atoms with Crippen LogP contribution in [0.15, 0.2) is 43.0 Å². The van der Waals surface area contributed by atoms with E-state index in [9.17, 15) is 9.90 Å². The maximum atomic E-state index is 11.5. The first-order valence-electron chi connectivity index (χ1n) is 7.96. The van der Waals surface area contributed by atoms with E-state index in [1.165, 1.54) is 20.1 Å². The van der Waals surface area contributed by atoms with Crippen LogP contribution in [0, 0.1) is 0 Å². The molecule has 0 aliphatic heterocycles. The quantitative estimate of drug-likeness (QED) is 0.336. The zero-order valence-corrected chi connectivity index (χ0v) is 15.1. The van der Waals surface area contributed by atoms with E-state index in [-0.39, 0.29) is 18.1 Å². The van der Waals surface area contributed by atoms with Gasteiger partial charge in [0.1, 0.15) is 23.0 Å². The summed E-state index contributed by atoms with van der Waals surface area (Å²) in [6.45, 7) is 5.46. The van der Waals surface area contributed by atoms with Gasteiger partial charge in [0.25, 0.3) is 0 Å². The summed E-state index contributed by atoms with van der Waals surface area (Å²) in [6, 6.07) is 8.17. The SMILES string of the molecule is C=CCOCc1c(OC)ccc(OC)c1-c1c(O)cccc1OC(C)=O. The van der Waals surface area contributed by atoms with Gasteiger partial charge in [-0.25, -0.2) is 0 Å². The van der Waals surface area contributed by atoms with Crippen molar-refractivity contribution in [1.82, 2.24) is 0 Å². The van der Waals surface area contributed by atoms with Crippen molar-refractivity contribution in [3.8, 4) is 34.1 Å². The molecule has 0 heterocycles. The fourth-order valence-electron chi connectivity index (χ4n) is 2.64. The normalized spacial score (nSPS) is 10.3. The van der Waals surface area contributed by atoms with E-state index in [2.05, 4.69) is 6.58 Å². The van der Waals surface area contributed by atoms with Gasteiger partial charge in [-0.05, 0) is 24.3 Å². The zero-order valence-electron chi connectivity index (χ0n) is 15.1. The lowest BCUT2D eigenvalue weighted by Crippen LogP contribution is -2.06. The van der Waals surface area contributed by atoms with E-state index in [1.54, 1.807) is 37.5 Å². The van der Waals surface area contributed by atoms with Crippen molar-refractivity contribution in [3.63, 3.8) is 0 Å². The number of aromatic hydroxyl groups is 1. The van der Waals surface area contributed by atoms with Crippen molar-refractivity contribution in [2.45, 2.75) is 13.5 Å². The van der Waals surface area contributed by atoms with Crippen LogP contribution in [-0.4, -0.2) is 31.9 Å². The van der Waals surface area contributed by atoms with Crippen LogP contribution in [0.1, 0.15) is 12.5 Å². The monoisotopic (exact) mass is 358 g/mol. The van der Waals surface area contributed by atoms with Crippen LogP contribution in [0.4, 0.5) is 0 Å². The van der Waals surface area contributed by atoms with Gasteiger partial charge in [0.05, 0.1) is 33.0 Å². The Morgan fingerprint density at radius 2 is 1.77 bits per heavy atom. The Morgan fingerprint density at radius 1 is 1.08 bits per heavy atom. The van der Waals surface area contributed by atoms with E-state index in [1.807, 2.05) is 0 Å². The standard InChI is InChI=1S/C20H22O6/c1-5-11-25-12-14-16(23-3)9-10-17(24-4)19(14)20-15(22)7-6-8-18(20)26-13(2)21/h5-10,22H,1,11-12H2,2-4H3. The first-order valence-corrected chi connectivity index (χ1v) is 7.96. The Bertz CT molecular complexity index is 797. The van der Waals surface area contributed by atoms with E-state index in [4.69, 9.17) is 18.9 Å². The molecule has 26 heavy (non-hydrogen) atoms. The largest absolute Gasteiger partial charge is 0.507 e. The van der Waals surface area contributed by atoms with Gasteiger partial charge < -0.3 is 24.1 Å². The average molecular weight is 358 g/mol. The molecular weight excluding hydrogens is 336 g/mol. The molecule has 2 aromatic rings. The lowest BCUT2D eigenvalue weighted by molar-refractivity contribution is -0.131. The molecule has 0 amide bonds. The highest BCUT2D eigenvalue weighted by molar-refractivity contribution is 5.86. The maximum absolute atomic E-state index is 11.5. The van der Waals surface area contributed by atoms with E-state index in [0.717, 1.165) is 0 Å². The minimum atomic E-state index is -0.497. The summed E-state index contributed by atoms with van der Waals surface area (Å²) in [7, 11) is 3.06. The van der Waals surface area contributed by atoms with Gasteiger partial charge in [-0.2, -0.15) is 0 Å². The molecule has 2 aromatic carbocycles. The van der Waals surface area contributed by atoms with Gasteiger partial charge in [-0.15, -0.1) is 6.58 Å². The van der Waals surface area contributed by atoms with Gasteiger partial charge in [0, 0.05) is 18.1 Å². The Hall–Kier alpha value is -2.99. The molecule has 0 bridgehead atoms. The first-order chi connectivity index (χ1) is 12.5. The van der Waals surface area contributed by atoms with Gasteiger partial charge in [-0.1, -0.05) is 12.1 Å². The Kier molecular flexibility index (Phi) is 6.63. The smallest absolute Gasteiger partial charge is 0.308 e. The number of phenolic OH excluding ortho intramolecular Hbond substituents is 1. The fourth-order valence-corrected chi connectivity index (χ4v) is 2.64. The van der Waals surface area contributed by atoms with Crippen molar-refractivity contribution in [2.24, 2.45) is 0 Å². The van der Waals surface area contributed by atoms with Crippen LogP contribution in [0.5, 0.6) is 23.0 Å². The van der Waals surface area contributed by atoms with Crippen molar-refractivity contribution in [2.75, 3.05) is 20.8 Å². The second-order valence-corrected chi connectivity index (χ2v) is 5.37. The Labute approximate surface area is 152 Å². The number of ether oxygens (including phenoxy) is 4. The number of benzene rings is 2. The average Bonchev–Trinajstić information content (AvgIpc) is 2.61. The molecule has 0 aliphatic rings. The topological polar surface area (TPSA) is 74.2 Å². The van der Waals surface area contributed by atoms with Crippen LogP contribution in [0.25, 0.3) is 11.1 Å². The first kappa shape index (κ1) is 19.3. The minimum absolute atomic E-state index is 0.0553. The van der Waals surface area contributed by atoms with Crippen molar-refractivity contribution in [1.29, 1.82) is 0 Å². The zero-order chi connectivity index (χ0) is 19.1. The molecule has 1 N–H and O–H groups in total. The molecule has 0 unspecified atom stereocenters. The van der Waals surface area contributed by atoms with Crippen LogP contribution >= 0.6 is 0 Å². The molecule has 0 saturated heterocycles. The van der Waals surface area contributed by atoms with Crippen LogP contribution < -0.4 is 14.2 Å². The third-order valence-corrected chi connectivity index (χ3v) is 3.66. The molecule has 0 fully saturated rings. The number of rotatable bonds is 8. The molecule has 0 saturated carbocycles. The van der Waals surface area contributed by atoms with Gasteiger partial charge in [0.2, 0.25) is 0 Å². The number of hydrogen-bond acceptors (Lipinski definition) is 6. The third-order valence-electron chi connectivity index (χ3n) is 3.66. The van der Waals surface area contributed by atoms with Gasteiger partial charge >= 0.3 is 5.97 Å².